The fraction of sp³-hybridized carbons (Fsp3) is 0.500. The number of phenols is 1. The number of phenolic OH excluding ortho intramolecular Hbond substituents is 1. The fourth-order valence-electron chi connectivity index (χ4n) is 7.25. The normalized spacial score (nSPS) is 31.9. The number of aromatic hydroxyl groups is 1. The van der Waals surface area contributed by atoms with Gasteiger partial charge in [0.15, 0.2) is 23.0 Å². The van der Waals surface area contributed by atoms with E-state index in [-0.39, 0.29) is 47.0 Å². The Morgan fingerprint density at radius 1 is 1.06 bits per heavy atom. The molecule has 192 valence electrons. The molecule has 3 aliphatic carbocycles. The Bertz CT molecular complexity index is 1350. The number of Topliss-reactive ketones (excluding diaryl/α,β-unsaturated/α-hetero) is 4. The van der Waals surface area contributed by atoms with Gasteiger partial charge in [-0.05, 0) is 56.7 Å². The van der Waals surface area contributed by atoms with E-state index in [9.17, 15) is 39.6 Å². The third kappa shape index (κ3) is 2.91. The van der Waals surface area contributed by atoms with Crippen molar-refractivity contribution in [1.29, 1.82) is 0 Å². The van der Waals surface area contributed by atoms with E-state index in [1.807, 2.05) is 0 Å². The van der Waals surface area contributed by atoms with Gasteiger partial charge in [0.05, 0.1) is 5.56 Å². The molecule has 8 heteroatoms. The Morgan fingerprint density at radius 3 is 2.14 bits per heavy atom. The molecule has 0 heterocycles. The van der Waals surface area contributed by atoms with Crippen LogP contribution in [-0.2, 0) is 16.0 Å². The smallest absolute Gasteiger partial charge is 0.209 e. The van der Waals surface area contributed by atoms with Gasteiger partial charge in [0.2, 0.25) is 5.78 Å². The van der Waals surface area contributed by atoms with Gasteiger partial charge in [0.25, 0.3) is 0 Å². The van der Waals surface area contributed by atoms with Crippen molar-refractivity contribution in [3.05, 3.63) is 51.0 Å². The summed E-state index contributed by atoms with van der Waals surface area (Å²) in [5, 5.41) is 45.5. The summed E-state index contributed by atoms with van der Waals surface area (Å²) in [6.45, 7) is 10.8. The minimum atomic E-state index is -2.65. The van der Waals surface area contributed by atoms with Crippen molar-refractivity contribution >= 4 is 23.1 Å². The predicted molar refractivity (Wildman–Crippen MR) is 130 cm³/mol. The average molecular weight is 497 g/mol. The number of hydrogen-bond donors (Lipinski definition) is 4. The van der Waals surface area contributed by atoms with Crippen molar-refractivity contribution < 1.29 is 39.6 Å². The molecule has 4 atom stereocenters. The highest BCUT2D eigenvalue weighted by Crippen LogP contribution is 2.65. The van der Waals surface area contributed by atoms with E-state index in [4.69, 9.17) is 0 Å². The minimum Gasteiger partial charge on any atom is -0.511 e. The zero-order chi connectivity index (χ0) is 27.3. The summed E-state index contributed by atoms with van der Waals surface area (Å²) >= 11 is 0. The molecule has 1 aromatic carbocycles. The maximum Gasteiger partial charge on any atom is 0.209 e. The van der Waals surface area contributed by atoms with Crippen molar-refractivity contribution in [3.63, 3.8) is 0 Å². The first kappa shape index (κ1) is 25.8. The highest BCUT2D eigenvalue weighted by atomic mass is 16.3. The molecule has 8 nitrogen and oxygen atoms in total. The second-order valence-electron chi connectivity index (χ2n) is 11.5. The topological polar surface area (TPSA) is 149 Å². The summed E-state index contributed by atoms with van der Waals surface area (Å²) in [6.07, 6.45) is 0.0574. The summed E-state index contributed by atoms with van der Waals surface area (Å²) in [6, 6.07) is 1.53. The molecule has 0 aromatic heterocycles. The van der Waals surface area contributed by atoms with Gasteiger partial charge in [-0.2, -0.15) is 0 Å². The monoisotopic (exact) mass is 496 g/mol. The molecule has 3 aliphatic rings. The lowest BCUT2D eigenvalue weighted by Crippen LogP contribution is -2.67. The molecular weight excluding hydrogens is 464 g/mol. The van der Waals surface area contributed by atoms with E-state index < -0.39 is 56.8 Å². The van der Waals surface area contributed by atoms with Crippen LogP contribution in [0.2, 0.25) is 0 Å². The van der Waals surface area contributed by atoms with Gasteiger partial charge in [-0.1, -0.05) is 27.7 Å². The number of aliphatic hydroxyl groups is 3. The van der Waals surface area contributed by atoms with Crippen molar-refractivity contribution in [1.82, 2.24) is 0 Å². The van der Waals surface area contributed by atoms with Gasteiger partial charge >= 0.3 is 0 Å². The predicted octanol–water partition coefficient (Wildman–Crippen LogP) is 3.86. The van der Waals surface area contributed by atoms with Crippen LogP contribution in [0.4, 0.5) is 0 Å². The van der Waals surface area contributed by atoms with Crippen molar-refractivity contribution in [2.45, 2.75) is 66.9 Å². The van der Waals surface area contributed by atoms with E-state index in [0.717, 1.165) is 6.92 Å². The van der Waals surface area contributed by atoms with Crippen LogP contribution >= 0.6 is 0 Å². The minimum absolute atomic E-state index is 0.0170. The summed E-state index contributed by atoms with van der Waals surface area (Å²) < 4.78 is 0. The first-order valence-electron chi connectivity index (χ1n) is 12.0. The van der Waals surface area contributed by atoms with Crippen LogP contribution in [0.15, 0.2) is 28.7 Å². The van der Waals surface area contributed by atoms with Gasteiger partial charge in [-0.25, -0.2) is 0 Å². The Kier molecular flexibility index (Phi) is 5.47. The molecule has 1 unspecified atom stereocenters. The third-order valence-electron chi connectivity index (χ3n) is 8.58. The van der Waals surface area contributed by atoms with Gasteiger partial charge in [0, 0.05) is 27.9 Å². The van der Waals surface area contributed by atoms with Gasteiger partial charge in [-0.3, -0.25) is 19.2 Å². The number of fused-ring (bicyclic) bond motifs is 3. The van der Waals surface area contributed by atoms with Crippen LogP contribution in [0, 0.1) is 29.6 Å². The second-order valence-corrected chi connectivity index (χ2v) is 11.5. The molecule has 0 aliphatic heterocycles. The van der Waals surface area contributed by atoms with Crippen LogP contribution in [0.5, 0.6) is 5.75 Å². The van der Waals surface area contributed by atoms with E-state index in [1.165, 1.54) is 13.0 Å². The van der Waals surface area contributed by atoms with Crippen LogP contribution < -0.4 is 0 Å². The Morgan fingerprint density at radius 2 is 1.64 bits per heavy atom. The number of carbonyl (C=O) groups is 4. The summed E-state index contributed by atoms with van der Waals surface area (Å²) in [7, 11) is 0. The molecule has 4 rings (SSSR count). The molecule has 0 saturated heterocycles. The summed E-state index contributed by atoms with van der Waals surface area (Å²) in [5.74, 6) is -5.88. The molecule has 0 amide bonds. The van der Waals surface area contributed by atoms with Crippen LogP contribution in [0.1, 0.15) is 79.8 Å². The summed E-state index contributed by atoms with van der Waals surface area (Å²) in [4.78, 5) is 52.4. The van der Waals surface area contributed by atoms with E-state index in [1.54, 1.807) is 34.6 Å². The average Bonchev–Trinajstić information content (AvgIpc) is 2.72. The molecule has 0 bridgehead atoms. The quantitative estimate of drug-likeness (QED) is 0.364. The van der Waals surface area contributed by atoms with Crippen LogP contribution in [0.3, 0.4) is 0 Å². The number of ketones is 4. The van der Waals surface area contributed by atoms with E-state index in [2.05, 4.69) is 0 Å². The fourth-order valence-corrected chi connectivity index (χ4v) is 7.25. The van der Waals surface area contributed by atoms with E-state index in [0.29, 0.717) is 11.1 Å². The van der Waals surface area contributed by atoms with Gasteiger partial charge in [0.1, 0.15) is 22.8 Å². The Labute approximate surface area is 209 Å². The first-order valence-corrected chi connectivity index (χ1v) is 12.0. The highest BCUT2D eigenvalue weighted by molar-refractivity contribution is 6.25. The highest BCUT2D eigenvalue weighted by Gasteiger charge is 2.71. The number of allylic oxidation sites excluding steroid dienone is 2. The molecule has 0 fully saturated rings. The van der Waals surface area contributed by atoms with Gasteiger partial charge in [-0.15, -0.1) is 0 Å². The lowest BCUT2D eigenvalue weighted by atomic mass is 9.44. The SMILES string of the molecule is CC(=O)C1=C(O)C(C(C)C)[C@@]2(C)C[C@@]3(C)Cc4c(C(C)=O)cc(C)c(O)c4C(=O)C3=C(O)[C@@]2(O)C1=O. The third-order valence-corrected chi connectivity index (χ3v) is 8.58. The maximum atomic E-state index is 13.9. The van der Waals surface area contributed by atoms with Gasteiger partial charge < -0.3 is 20.4 Å². The molecule has 4 N–H and O–H groups in total. The number of aliphatic hydroxyl groups excluding tert-OH is 2. The number of carbonyl (C=O) groups excluding carboxylic acids is 4. The molecular formula is C28H32O8. The number of aryl methyl sites for hydroxylation is 1. The standard InChI is InChI=1S/C28H32O8/c1-11(2)19-22(32)17(14(5)30)24(34)28(36)25(35)20-23(33)18-16(9-26(20,6)10-27(19,28)7)15(13(4)29)8-12(3)21(18)31/h8,11,19,31-32,35-36H,9-10H2,1-7H3/t19?,26-,27-,28+/m1/s1. The second kappa shape index (κ2) is 7.62. The molecule has 36 heavy (non-hydrogen) atoms. The van der Waals surface area contributed by atoms with Crippen molar-refractivity contribution in [2.75, 3.05) is 0 Å². The lowest BCUT2D eigenvalue weighted by Gasteiger charge is -2.59. The zero-order valence-corrected chi connectivity index (χ0v) is 21.6. The largest absolute Gasteiger partial charge is 0.511 e. The Balaban J connectivity index is 2.11. The van der Waals surface area contributed by atoms with Crippen molar-refractivity contribution in [3.8, 4) is 5.75 Å². The molecule has 0 spiro atoms. The molecule has 1 aromatic rings. The zero-order valence-electron chi connectivity index (χ0n) is 21.6. The van der Waals surface area contributed by atoms with E-state index >= 15 is 0 Å². The van der Waals surface area contributed by atoms with Crippen LogP contribution in [-0.4, -0.2) is 49.2 Å². The Hall–Kier alpha value is -3.26. The van der Waals surface area contributed by atoms with Crippen LogP contribution in [0.25, 0.3) is 0 Å². The van der Waals surface area contributed by atoms with Crippen molar-refractivity contribution in [2.24, 2.45) is 22.7 Å². The number of hydrogen-bond acceptors (Lipinski definition) is 8. The number of rotatable bonds is 3. The summed E-state index contributed by atoms with van der Waals surface area (Å²) in [5.41, 5.74) is -5.34. The first-order chi connectivity index (χ1) is 16.5. The number of benzene rings is 1. The maximum absolute atomic E-state index is 13.9. The molecule has 0 saturated carbocycles. The molecule has 0 radical (unpaired) electrons. The lowest BCUT2D eigenvalue weighted by molar-refractivity contribution is -0.171.